The van der Waals surface area contributed by atoms with Crippen LogP contribution in [-0.2, 0) is 4.79 Å². The average Bonchev–Trinajstić information content (AvgIpc) is 2.90. The molecule has 1 amide bonds. The van der Waals surface area contributed by atoms with Crippen molar-refractivity contribution in [2.24, 2.45) is 0 Å². The molecular weight excluding hydrogens is 332 g/mol. The Bertz CT molecular complexity index is 1030. The molecular formula is C14H10N6O5. The fraction of sp³-hybridized carbons (Fsp3) is 0.0714. The number of rotatable bonds is 4. The number of amides is 1. The molecule has 1 aromatic carbocycles. The minimum absolute atomic E-state index is 0.0261. The number of hydrogen-bond acceptors (Lipinski definition) is 7. The van der Waals surface area contributed by atoms with Crippen LogP contribution in [0.2, 0.25) is 0 Å². The third-order valence-electron chi connectivity index (χ3n) is 3.30. The molecule has 0 saturated heterocycles. The number of anilines is 1. The lowest BCUT2D eigenvalue weighted by Crippen LogP contribution is -2.13. The molecule has 126 valence electrons. The number of pyridine rings is 1. The molecule has 11 heteroatoms. The molecule has 0 fully saturated rings. The molecule has 25 heavy (non-hydrogen) atoms. The lowest BCUT2D eigenvalue weighted by Gasteiger charge is -2.08. The molecule has 0 aliphatic carbocycles. The molecule has 1 N–H and O–H groups in total. The van der Waals surface area contributed by atoms with Crippen molar-refractivity contribution >= 4 is 34.3 Å². The van der Waals surface area contributed by atoms with Gasteiger partial charge in [0.1, 0.15) is 6.20 Å². The first kappa shape index (κ1) is 16.0. The summed E-state index contributed by atoms with van der Waals surface area (Å²) in [6.45, 7) is 1.27. The van der Waals surface area contributed by atoms with Crippen molar-refractivity contribution in [3.8, 4) is 5.82 Å². The monoisotopic (exact) mass is 342 g/mol. The van der Waals surface area contributed by atoms with Crippen molar-refractivity contribution in [2.75, 3.05) is 5.32 Å². The molecule has 0 unspecified atom stereocenters. The van der Waals surface area contributed by atoms with E-state index in [1.807, 2.05) is 0 Å². The lowest BCUT2D eigenvalue weighted by molar-refractivity contribution is -0.394. The summed E-state index contributed by atoms with van der Waals surface area (Å²) in [7, 11) is 0. The third kappa shape index (κ3) is 2.85. The zero-order chi connectivity index (χ0) is 18.1. The van der Waals surface area contributed by atoms with Gasteiger partial charge in [0.15, 0.2) is 0 Å². The van der Waals surface area contributed by atoms with Crippen molar-refractivity contribution < 1.29 is 14.6 Å². The Morgan fingerprint density at radius 2 is 1.92 bits per heavy atom. The van der Waals surface area contributed by atoms with Crippen LogP contribution in [-0.4, -0.2) is 30.3 Å². The van der Waals surface area contributed by atoms with Gasteiger partial charge in [-0.15, -0.1) is 0 Å². The molecule has 11 nitrogen and oxygen atoms in total. The average molecular weight is 342 g/mol. The molecule has 0 aliphatic heterocycles. The van der Waals surface area contributed by atoms with Gasteiger partial charge in [0.05, 0.1) is 26.9 Å². The number of nitrogens with one attached hydrogen (secondary N) is 1. The van der Waals surface area contributed by atoms with Crippen molar-refractivity contribution in [1.29, 1.82) is 0 Å². The van der Waals surface area contributed by atoms with Crippen LogP contribution < -0.4 is 5.32 Å². The fourth-order valence-electron chi connectivity index (χ4n) is 2.32. The Hall–Kier alpha value is -3.89. The van der Waals surface area contributed by atoms with E-state index in [1.165, 1.54) is 11.5 Å². The van der Waals surface area contributed by atoms with Gasteiger partial charge in [0.25, 0.3) is 5.69 Å². The predicted molar refractivity (Wildman–Crippen MR) is 86.5 cm³/mol. The standard InChI is InChI=1S/C14H10N6O5/c1-8(21)16-14-17-10-4-2-3-5-11(10)18(14)13-12(20(24)25)6-9(7-15-13)19(22)23/h2-7H,1H3,(H,16,17,21). The number of carbonyl (C=O) groups excluding carboxylic acids is 1. The second kappa shape index (κ2) is 5.96. The van der Waals surface area contributed by atoms with Gasteiger partial charge in [0.2, 0.25) is 17.7 Å². The number of nitro groups is 2. The van der Waals surface area contributed by atoms with Gasteiger partial charge >= 0.3 is 5.69 Å². The van der Waals surface area contributed by atoms with E-state index in [0.29, 0.717) is 11.0 Å². The number of fused-ring (bicyclic) bond motifs is 1. The maximum atomic E-state index is 11.4. The number of para-hydroxylation sites is 2. The Morgan fingerprint density at radius 1 is 1.20 bits per heavy atom. The van der Waals surface area contributed by atoms with Crippen LogP contribution in [0.5, 0.6) is 0 Å². The number of nitrogens with zero attached hydrogens (tertiary/aromatic N) is 5. The molecule has 3 rings (SSSR count). The summed E-state index contributed by atoms with van der Waals surface area (Å²) in [5.41, 5.74) is -0.165. The van der Waals surface area contributed by atoms with E-state index in [2.05, 4.69) is 15.3 Å². The zero-order valence-electron chi connectivity index (χ0n) is 12.7. The third-order valence-corrected chi connectivity index (χ3v) is 3.30. The van der Waals surface area contributed by atoms with Gasteiger partial charge in [-0.05, 0) is 12.1 Å². The van der Waals surface area contributed by atoms with Crippen LogP contribution in [0.4, 0.5) is 17.3 Å². The summed E-state index contributed by atoms with van der Waals surface area (Å²) in [6.07, 6.45) is 0.911. The Kier molecular flexibility index (Phi) is 3.81. The molecule has 3 aromatic rings. The minimum Gasteiger partial charge on any atom is -0.296 e. The molecule has 0 bridgehead atoms. The Balaban J connectivity index is 2.33. The second-order valence-electron chi connectivity index (χ2n) is 4.99. The van der Waals surface area contributed by atoms with Crippen molar-refractivity contribution in [3.63, 3.8) is 0 Å². The van der Waals surface area contributed by atoms with Crippen LogP contribution in [0.1, 0.15) is 6.92 Å². The topological polar surface area (TPSA) is 146 Å². The van der Waals surface area contributed by atoms with E-state index >= 15 is 0 Å². The van der Waals surface area contributed by atoms with Crippen molar-refractivity contribution in [2.45, 2.75) is 6.92 Å². The Labute approximate surface area is 139 Å². The van der Waals surface area contributed by atoms with Crippen LogP contribution in [0.25, 0.3) is 16.9 Å². The summed E-state index contributed by atoms with van der Waals surface area (Å²) < 4.78 is 1.28. The molecule has 0 aliphatic rings. The normalized spacial score (nSPS) is 10.6. The van der Waals surface area contributed by atoms with Gasteiger partial charge in [-0.2, -0.15) is 0 Å². The smallest absolute Gasteiger partial charge is 0.296 e. The highest BCUT2D eigenvalue weighted by Gasteiger charge is 2.26. The first-order valence-corrected chi connectivity index (χ1v) is 6.92. The predicted octanol–water partition coefficient (Wildman–Crippen LogP) is 2.20. The fourth-order valence-corrected chi connectivity index (χ4v) is 2.32. The Morgan fingerprint density at radius 3 is 2.56 bits per heavy atom. The van der Waals surface area contributed by atoms with Crippen LogP contribution in [0.15, 0.2) is 36.5 Å². The molecule has 0 saturated carbocycles. The van der Waals surface area contributed by atoms with Crippen LogP contribution in [0.3, 0.4) is 0 Å². The quantitative estimate of drug-likeness (QED) is 0.564. The van der Waals surface area contributed by atoms with Gasteiger partial charge in [-0.3, -0.25) is 34.9 Å². The number of benzene rings is 1. The number of aromatic nitrogens is 3. The highest BCUT2D eigenvalue weighted by Crippen LogP contribution is 2.31. The largest absolute Gasteiger partial charge is 0.319 e. The molecule has 2 aromatic heterocycles. The summed E-state index contributed by atoms with van der Waals surface area (Å²) in [4.78, 5) is 40.2. The van der Waals surface area contributed by atoms with Gasteiger partial charge in [-0.1, -0.05) is 12.1 Å². The van der Waals surface area contributed by atoms with Gasteiger partial charge in [-0.25, -0.2) is 9.97 Å². The number of carbonyl (C=O) groups is 1. The molecule has 0 spiro atoms. The van der Waals surface area contributed by atoms with E-state index in [0.717, 1.165) is 12.3 Å². The molecule has 0 radical (unpaired) electrons. The van der Waals surface area contributed by atoms with E-state index in [1.54, 1.807) is 24.3 Å². The first-order valence-electron chi connectivity index (χ1n) is 6.92. The van der Waals surface area contributed by atoms with Crippen molar-refractivity contribution in [3.05, 3.63) is 56.8 Å². The summed E-state index contributed by atoms with van der Waals surface area (Å²) in [5.74, 6) is -0.590. The van der Waals surface area contributed by atoms with Crippen LogP contribution in [0, 0.1) is 20.2 Å². The first-order chi connectivity index (χ1) is 11.9. The van der Waals surface area contributed by atoms with E-state index in [-0.39, 0.29) is 11.8 Å². The number of hydrogen-bond donors (Lipinski definition) is 1. The molecule has 0 atom stereocenters. The maximum absolute atomic E-state index is 11.4. The van der Waals surface area contributed by atoms with Gasteiger partial charge in [0, 0.05) is 6.92 Å². The van der Waals surface area contributed by atoms with E-state index < -0.39 is 27.1 Å². The molecule has 2 heterocycles. The lowest BCUT2D eigenvalue weighted by atomic mass is 10.3. The summed E-state index contributed by atoms with van der Waals surface area (Å²) in [5, 5.41) is 24.7. The highest BCUT2D eigenvalue weighted by atomic mass is 16.6. The van der Waals surface area contributed by atoms with E-state index in [9.17, 15) is 25.0 Å². The highest BCUT2D eigenvalue weighted by molar-refractivity contribution is 5.91. The summed E-state index contributed by atoms with van der Waals surface area (Å²) in [6, 6.07) is 7.52. The van der Waals surface area contributed by atoms with Crippen LogP contribution >= 0.6 is 0 Å². The SMILES string of the molecule is CC(=O)Nc1nc2ccccc2n1-c1ncc([N+](=O)[O-])cc1[N+](=O)[O-]. The van der Waals surface area contributed by atoms with E-state index in [4.69, 9.17) is 0 Å². The number of imidazole rings is 1. The second-order valence-corrected chi connectivity index (χ2v) is 4.99. The zero-order valence-corrected chi connectivity index (χ0v) is 12.7. The minimum atomic E-state index is -0.776. The maximum Gasteiger partial charge on any atom is 0.319 e. The van der Waals surface area contributed by atoms with Crippen molar-refractivity contribution in [1.82, 2.24) is 14.5 Å². The van der Waals surface area contributed by atoms with Gasteiger partial charge < -0.3 is 0 Å². The summed E-state index contributed by atoms with van der Waals surface area (Å²) >= 11 is 0.